The molecule has 0 amide bonds. The van der Waals surface area contributed by atoms with Gasteiger partial charge >= 0.3 is 0 Å². The average molecular weight is 155 g/mol. The van der Waals surface area contributed by atoms with E-state index in [1.165, 1.54) is 32.1 Å². The van der Waals surface area contributed by atoms with Crippen LogP contribution >= 0.6 is 0 Å². The van der Waals surface area contributed by atoms with Gasteiger partial charge in [0.05, 0.1) is 6.10 Å². The predicted molar refractivity (Wildman–Crippen MR) is 44.1 cm³/mol. The smallest absolute Gasteiger partial charge is 0.0821 e. The van der Waals surface area contributed by atoms with Crippen LogP contribution in [0.25, 0.3) is 0 Å². The van der Waals surface area contributed by atoms with Crippen LogP contribution in [-0.2, 0) is 4.84 Å². The molecule has 0 bridgehead atoms. The van der Waals surface area contributed by atoms with E-state index >= 15 is 0 Å². The van der Waals surface area contributed by atoms with E-state index in [0.29, 0.717) is 6.10 Å². The summed E-state index contributed by atoms with van der Waals surface area (Å²) in [6.45, 7) is 1.13. The summed E-state index contributed by atoms with van der Waals surface area (Å²) in [5.41, 5.74) is 0. The highest BCUT2D eigenvalue weighted by atomic mass is 16.7. The first-order chi connectivity index (χ1) is 5.36. The predicted octanol–water partition coefficient (Wildman–Crippen LogP) is 1.81. The molecular weight excluding hydrogens is 138 g/mol. The van der Waals surface area contributed by atoms with Gasteiger partial charge in [0.2, 0.25) is 0 Å². The molecule has 1 heterocycles. The van der Waals surface area contributed by atoms with Gasteiger partial charge in [-0.05, 0) is 25.2 Å². The monoisotopic (exact) mass is 155 g/mol. The van der Waals surface area contributed by atoms with Gasteiger partial charge < -0.3 is 0 Å². The third kappa shape index (κ3) is 1.57. The SMILES string of the molecule is CN1CCC2CCCCC2O1. The molecule has 1 aliphatic carbocycles. The topological polar surface area (TPSA) is 12.5 Å². The van der Waals surface area contributed by atoms with Gasteiger partial charge in [-0.3, -0.25) is 4.84 Å². The highest BCUT2D eigenvalue weighted by Gasteiger charge is 2.30. The van der Waals surface area contributed by atoms with E-state index < -0.39 is 0 Å². The summed E-state index contributed by atoms with van der Waals surface area (Å²) in [7, 11) is 2.05. The Kier molecular flexibility index (Phi) is 2.14. The molecule has 0 aromatic carbocycles. The van der Waals surface area contributed by atoms with E-state index in [0.717, 1.165) is 12.5 Å². The Labute approximate surface area is 68.5 Å². The lowest BCUT2D eigenvalue weighted by atomic mass is 9.83. The van der Waals surface area contributed by atoms with Gasteiger partial charge in [0.1, 0.15) is 0 Å². The van der Waals surface area contributed by atoms with Gasteiger partial charge in [0.25, 0.3) is 0 Å². The van der Waals surface area contributed by atoms with Crippen LogP contribution in [0, 0.1) is 5.92 Å². The Morgan fingerprint density at radius 1 is 1.18 bits per heavy atom. The summed E-state index contributed by atoms with van der Waals surface area (Å²) in [5, 5.41) is 2.01. The molecule has 0 radical (unpaired) electrons. The van der Waals surface area contributed by atoms with Crippen LogP contribution in [0.15, 0.2) is 0 Å². The van der Waals surface area contributed by atoms with Crippen LogP contribution in [0.3, 0.4) is 0 Å². The van der Waals surface area contributed by atoms with Gasteiger partial charge in [-0.1, -0.05) is 12.8 Å². The number of rotatable bonds is 0. The van der Waals surface area contributed by atoms with Crippen LogP contribution in [-0.4, -0.2) is 24.8 Å². The van der Waals surface area contributed by atoms with Crippen LogP contribution < -0.4 is 0 Å². The second-order valence-corrected chi connectivity index (χ2v) is 3.83. The molecule has 2 nitrogen and oxygen atoms in total. The fourth-order valence-corrected chi connectivity index (χ4v) is 2.27. The Hall–Kier alpha value is -0.0800. The van der Waals surface area contributed by atoms with Crippen molar-refractivity contribution in [1.29, 1.82) is 0 Å². The van der Waals surface area contributed by atoms with E-state index in [1.54, 1.807) is 0 Å². The molecule has 0 N–H and O–H groups in total. The van der Waals surface area contributed by atoms with E-state index in [9.17, 15) is 0 Å². The van der Waals surface area contributed by atoms with Crippen LogP contribution in [0.2, 0.25) is 0 Å². The molecule has 64 valence electrons. The first-order valence-corrected chi connectivity index (χ1v) is 4.74. The van der Waals surface area contributed by atoms with Crippen molar-refractivity contribution >= 4 is 0 Å². The Bertz CT molecular complexity index is 138. The molecule has 0 aromatic rings. The van der Waals surface area contributed by atoms with Crippen LogP contribution in [0.5, 0.6) is 0 Å². The maximum atomic E-state index is 5.72. The number of hydrogen-bond acceptors (Lipinski definition) is 2. The van der Waals surface area contributed by atoms with Crippen molar-refractivity contribution in [3.63, 3.8) is 0 Å². The zero-order chi connectivity index (χ0) is 7.68. The van der Waals surface area contributed by atoms with E-state index in [2.05, 4.69) is 0 Å². The number of nitrogens with zero attached hydrogens (tertiary/aromatic N) is 1. The minimum atomic E-state index is 0.558. The zero-order valence-corrected chi connectivity index (χ0v) is 7.25. The average Bonchev–Trinajstić information content (AvgIpc) is 2.04. The van der Waals surface area contributed by atoms with Crippen LogP contribution in [0.1, 0.15) is 32.1 Å². The lowest BCUT2D eigenvalue weighted by molar-refractivity contribution is -0.233. The molecule has 1 aliphatic heterocycles. The molecule has 11 heavy (non-hydrogen) atoms. The zero-order valence-electron chi connectivity index (χ0n) is 7.25. The molecule has 1 saturated heterocycles. The van der Waals surface area contributed by atoms with Gasteiger partial charge in [-0.25, -0.2) is 0 Å². The summed E-state index contributed by atoms with van der Waals surface area (Å²) in [6.07, 6.45) is 7.39. The third-order valence-electron chi connectivity index (χ3n) is 2.97. The van der Waals surface area contributed by atoms with Gasteiger partial charge in [-0.2, -0.15) is 5.06 Å². The first kappa shape index (κ1) is 7.56. The third-order valence-corrected chi connectivity index (χ3v) is 2.97. The quantitative estimate of drug-likeness (QED) is 0.529. The Morgan fingerprint density at radius 2 is 2.00 bits per heavy atom. The Morgan fingerprint density at radius 3 is 2.91 bits per heavy atom. The van der Waals surface area contributed by atoms with Crippen molar-refractivity contribution < 1.29 is 4.84 Å². The minimum Gasteiger partial charge on any atom is -0.296 e. The standard InChI is InChI=1S/C9H17NO/c1-10-7-6-8-4-2-3-5-9(8)11-10/h8-9H,2-7H2,1H3. The molecular formula is C9H17NO. The maximum Gasteiger partial charge on any atom is 0.0821 e. The van der Waals surface area contributed by atoms with E-state index in [1.807, 2.05) is 12.1 Å². The molecule has 2 unspecified atom stereocenters. The highest BCUT2D eigenvalue weighted by molar-refractivity contribution is 4.78. The van der Waals surface area contributed by atoms with Crippen molar-refractivity contribution in [3.8, 4) is 0 Å². The maximum absolute atomic E-state index is 5.72. The molecule has 2 fully saturated rings. The molecule has 2 atom stereocenters. The molecule has 0 spiro atoms. The fraction of sp³-hybridized carbons (Fsp3) is 1.00. The summed E-state index contributed by atoms with van der Waals surface area (Å²) < 4.78 is 0. The molecule has 0 aromatic heterocycles. The normalized spacial score (nSPS) is 40.1. The highest BCUT2D eigenvalue weighted by Crippen LogP contribution is 2.32. The van der Waals surface area contributed by atoms with Gasteiger partial charge in [0.15, 0.2) is 0 Å². The lowest BCUT2D eigenvalue weighted by Crippen LogP contribution is -2.41. The largest absolute Gasteiger partial charge is 0.296 e. The van der Waals surface area contributed by atoms with Crippen molar-refractivity contribution in [1.82, 2.24) is 5.06 Å². The molecule has 1 saturated carbocycles. The van der Waals surface area contributed by atoms with Crippen molar-refractivity contribution in [3.05, 3.63) is 0 Å². The summed E-state index contributed by atoms with van der Waals surface area (Å²) in [6, 6.07) is 0. The van der Waals surface area contributed by atoms with E-state index in [4.69, 9.17) is 4.84 Å². The first-order valence-electron chi connectivity index (χ1n) is 4.74. The minimum absolute atomic E-state index is 0.558. The Balaban J connectivity index is 1.93. The molecule has 2 aliphatic rings. The van der Waals surface area contributed by atoms with E-state index in [-0.39, 0.29) is 0 Å². The number of fused-ring (bicyclic) bond motifs is 1. The van der Waals surface area contributed by atoms with Crippen molar-refractivity contribution in [2.75, 3.05) is 13.6 Å². The van der Waals surface area contributed by atoms with Crippen molar-refractivity contribution in [2.45, 2.75) is 38.2 Å². The van der Waals surface area contributed by atoms with Crippen LogP contribution in [0.4, 0.5) is 0 Å². The van der Waals surface area contributed by atoms with Gasteiger partial charge in [-0.15, -0.1) is 0 Å². The summed E-state index contributed by atoms with van der Waals surface area (Å²) >= 11 is 0. The lowest BCUT2D eigenvalue weighted by Gasteiger charge is -2.39. The molecule has 2 rings (SSSR count). The summed E-state index contributed by atoms with van der Waals surface area (Å²) in [4.78, 5) is 5.72. The fourth-order valence-electron chi connectivity index (χ4n) is 2.27. The van der Waals surface area contributed by atoms with Gasteiger partial charge in [0, 0.05) is 13.6 Å². The second-order valence-electron chi connectivity index (χ2n) is 3.83. The number of hydrogen-bond donors (Lipinski definition) is 0. The summed E-state index contributed by atoms with van der Waals surface area (Å²) in [5.74, 6) is 0.875. The number of hydroxylamine groups is 2. The second kappa shape index (κ2) is 3.11. The van der Waals surface area contributed by atoms with Crippen molar-refractivity contribution in [2.24, 2.45) is 5.92 Å². The molecule has 2 heteroatoms.